The molecular weight excluding hydrogens is 518 g/mol. The van der Waals surface area contributed by atoms with E-state index in [4.69, 9.17) is 14.6 Å². The fraction of sp³-hybridized carbons (Fsp3) is 0.160. The molecule has 0 saturated heterocycles. The summed E-state index contributed by atoms with van der Waals surface area (Å²) >= 11 is 5.15. The van der Waals surface area contributed by atoms with Crippen molar-refractivity contribution in [2.75, 3.05) is 18.5 Å². The molecule has 0 fully saturated rings. The van der Waals surface area contributed by atoms with E-state index < -0.39 is 12.0 Å². The van der Waals surface area contributed by atoms with E-state index in [1.807, 2.05) is 54.6 Å². The SMILES string of the molecule is C[C@H](N=Cc1ccc2snc(Nc3cccc(-c4ccc5c(c4)OCCO5)c3Br)c2c1)C(=O)O. The van der Waals surface area contributed by atoms with Crippen molar-refractivity contribution in [2.45, 2.75) is 13.0 Å². The number of aliphatic carboxylic acids is 1. The number of anilines is 2. The number of rotatable bonds is 6. The number of aliphatic imine (C=N–C) groups is 1. The molecule has 172 valence electrons. The Bertz CT molecular complexity index is 1420. The summed E-state index contributed by atoms with van der Waals surface area (Å²) in [5.41, 5.74) is 3.71. The first kappa shape index (κ1) is 22.4. The highest BCUT2D eigenvalue weighted by atomic mass is 79.9. The van der Waals surface area contributed by atoms with Crippen LogP contribution < -0.4 is 14.8 Å². The van der Waals surface area contributed by atoms with Crippen molar-refractivity contribution in [1.29, 1.82) is 0 Å². The molecule has 0 unspecified atom stereocenters. The number of halogens is 1. The van der Waals surface area contributed by atoms with E-state index in [9.17, 15) is 4.79 Å². The minimum Gasteiger partial charge on any atom is -0.486 e. The third-order valence-corrected chi connectivity index (χ3v) is 7.08. The maximum Gasteiger partial charge on any atom is 0.328 e. The number of hydrogen-bond acceptors (Lipinski definition) is 7. The summed E-state index contributed by atoms with van der Waals surface area (Å²) in [6.07, 6.45) is 1.58. The zero-order chi connectivity index (χ0) is 23.7. The monoisotopic (exact) mass is 537 g/mol. The summed E-state index contributed by atoms with van der Waals surface area (Å²) in [6, 6.07) is 17.0. The first-order chi connectivity index (χ1) is 16.5. The Kier molecular flexibility index (Phi) is 6.21. The number of nitrogens with one attached hydrogen (secondary N) is 1. The van der Waals surface area contributed by atoms with Crippen molar-refractivity contribution in [3.63, 3.8) is 0 Å². The highest BCUT2D eigenvalue weighted by molar-refractivity contribution is 9.10. The molecule has 0 radical (unpaired) electrons. The molecule has 3 aromatic carbocycles. The summed E-state index contributed by atoms with van der Waals surface area (Å²) in [4.78, 5) is 15.1. The second kappa shape index (κ2) is 9.44. The number of carboxylic acids is 1. The van der Waals surface area contributed by atoms with Gasteiger partial charge in [-0.15, -0.1) is 0 Å². The van der Waals surface area contributed by atoms with Crippen LogP contribution in [-0.4, -0.2) is 40.9 Å². The second-order valence-electron chi connectivity index (χ2n) is 7.73. The number of ether oxygens (including phenoxy) is 2. The number of benzene rings is 3. The van der Waals surface area contributed by atoms with Gasteiger partial charge in [-0.05, 0) is 81.4 Å². The van der Waals surface area contributed by atoms with E-state index >= 15 is 0 Å². The molecule has 1 aromatic heterocycles. The Hall–Kier alpha value is -3.43. The zero-order valence-electron chi connectivity index (χ0n) is 18.1. The number of nitrogens with zero attached hydrogens (tertiary/aromatic N) is 2. The largest absolute Gasteiger partial charge is 0.486 e. The minimum atomic E-state index is -0.959. The molecule has 0 bridgehead atoms. The quantitative estimate of drug-likeness (QED) is 0.287. The highest BCUT2D eigenvalue weighted by Gasteiger charge is 2.16. The number of hydrogen-bond donors (Lipinski definition) is 2. The molecular formula is C25H20BrN3O4S. The zero-order valence-corrected chi connectivity index (χ0v) is 20.5. The number of carbonyl (C=O) groups is 1. The van der Waals surface area contributed by atoms with E-state index in [2.05, 4.69) is 30.6 Å². The molecule has 0 spiro atoms. The lowest BCUT2D eigenvalue weighted by atomic mass is 10.0. The average Bonchev–Trinajstić information content (AvgIpc) is 3.25. The molecule has 34 heavy (non-hydrogen) atoms. The Morgan fingerprint density at radius 3 is 2.82 bits per heavy atom. The highest BCUT2D eigenvalue weighted by Crippen LogP contribution is 2.40. The Balaban J connectivity index is 1.45. The van der Waals surface area contributed by atoms with Gasteiger partial charge in [0.15, 0.2) is 17.3 Å². The van der Waals surface area contributed by atoms with Crippen molar-refractivity contribution >= 4 is 61.2 Å². The van der Waals surface area contributed by atoms with Crippen molar-refractivity contribution in [1.82, 2.24) is 4.37 Å². The van der Waals surface area contributed by atoms with Crippen LogP contribution in [0.4, 0.5) is 11.5 Å². The van der Waals surface area contributed by atoms with Crippen LogP contribution in [0.25, 0.3) is 21.2 Å². The van der Waals surface area contributed by atoms with Gasteiger partial charge in [-0.1, -0.05) is 24.3 Å². The molecule has 0 aliphatic carbocycles. The fourth-order valence-corrected chi connectivity index (χ4v) is 4.89. The van der Waals surface area contributed by atoms with Crippen molar-refractivity contribution < 1.29 is 19.4 Å². The average molecular weight is 538 g/mol. The van der Waals surface area contributed by atoms with E-state index in [-0.39, 0.29) is 0 Å². The van der Waals surface area contributed by atoms with Crippen LogP contribution in [0.1, 0.15) is 12.5 Å². The standard InChI is InChI=1S/C25H20BrN3O4S/c1-14(25(30)31)27-13-15-5-8-22-18(11-15)24(29-34-22)28-19-4-2-3-17(23(19)26)16-6-7-20-21(12-16)33-10-9-32-20/h2-8,11-14H,9-10H2,1H3,(H,28,29)(H,30,31)/t14-/m0/s1. The van der Waals surface area contributed by atoms with Gasteiger partial charge in [0, 0.05) is 16.1 Å². The Morgan fingerprint density at radius 2 is 2.00 bits per heavy atom. The van der Waals surface area contributed by atoms with Crippen LogP contribution in [0.15, 0.2) is 64.1 Å². The number of carboxylic acid groups (broad SMARTS) is 1. The topological polar surface area (TPSA) is 93.0 Å². The summed E-state index contributed by atoms with van der Waals surface area (Å²) in [6.45, 7) is 2.64. The summed E-state index contributed by atoms with van der Waals surface area (Å²) < 4.78 is 17.9. The fourth-order valence-electron chi connectivity index (χ4n) is 3.58. The minimum absolute atomic E-state index is 0.540. The van der Waals surface area contributed by atoms with E-state index in [0.717, 1.165) is 54.3 Å². The Labute approximate surface area is 208 Å². The van der Waals surface area contributed by atoms with Crippen LogP contribution in [-0.2, 0) is 4.79 Å². The molecule has 4 aromatic rings. The lowest BCUT2D eigenvalue weighted by Crippen LogP contribution is -2.15. The summed E-state index contributed by atoms with van der Waals surface area (Å²) in [7, 11) is 0. The molecule has 9 heteroatoms. The van der Waals surface area contributed by atoms with Crippen molar-refractivity contribution in [3.05, 3.63) is 64.6 Å². The molecule has 5 rings (SSSR count). The van der Waals surface area contributed by atoms with Crippen molar-refractivity contribution in [3.8, 4) is 22.6 Å². The second-order valence-corrected chi connectivity index (χ2v) is 9.33. The third-order valence-electron chi connectivity index (χ3n) is 5.40. The molecule has 2 heterocycles. The van der Waals surface area contributed by atoms with Gasteiger partial charge < -0.3 is 19.9 Å². The van der Waals surface area contributed by atoms with E-state index in [0.29, 0.717) is 13.2 Å². The van der Waals surface area contributed by atoms with E-state index in [1.165, 1.54) is 11.5 Å². The van der Waals surface area contributed by atoms with Gasteiger partial charge in [-0.3, -0.25) is 4.99 Å². The molecule has 1 atom stereocenters. The first-order valence-corrected chi connectivity index (χ1v) is 12.2. The molecule has 7 nitrogen and oxygen atoms in total. The van der Waals surface area contributed by atoms with Gasteiger partial charge in [0.2, 0.25) is 0 Å². The van der Waals surface area contributed by atoms with Crippen LogP contribution in [0.2, 0.25) is 0 Å². The van der Waals surface area contributed by atoms with Crippen LogP contribution in [0.5, 0.6) is 11.5 Å². The molecule has 1 aliphatic rings. The maximum absolute atomic E-state index is 11.0. The van der Waals surface area contributed by atoms with Crippen LogP contribution >= 0.6 is 27.5 Å². The lowest BCUT2D eigenvalue weighted by Gasteiger charge is -2.19. The number of fused-ring (bicyclic) bond motifs is 2. The third kappa shape index (κ3) is 4.49. The first-order valence-electron chi connectivity index (χ1n) is 10.6. The van der Waals surface area contributed by atoms with Gasteiger partial charge in [0.25, 0.3) is 0 Å². The maximum atomic E-state index is 11.0. The molecule has 1 aliphatic heterocycles. The number of aromatic nitrogens is 1. The lowest BCUT2D eigenvalue weighted by molar-refractivity contribution is -0.137. The predicted molar refractivity (Wildman–Crippen MR) is 138 cm³/mol. The predicted octanol–water partition coefficient (Wildman–Crippen LogP) is 6.13. The van der Waals surface area contributed by atoms with Gasteiger partial charge in [0.05, 0.1) is 10.4 Å². The van der Waals surface area contributed by atoms with Crippen LogP contribution in [0, 0.1) is 0 Å². The van der Waals surface area contributed by atoms with Gasteiger partial charge in [0.1, 0.15) is 19.3 Å². The smallest absolute Gasteiger partial charge is 0.328 e. The molecule has 0 amide bonds. The molecule has 0 saturated carbocycles. The van der Waals surface area contributed by atoms with Crippen molar-refractivity contribution in [2.24, 2.45) is 4.99 Å². The van der Waals surface area contributed by atoms with Crippen LogP contribution in [0.3, 0.4) is 0 Å². The summed E-state index contributed by atoms with van der Waals surface area (Å²) in [5.74, 6) is 1.26. The Morgan fingerprint density at radius 1 is 1.18 bits per heavy atom. The van der Waals surface area contributed by atoms with Gasteiger partial charge in [-0.2, -0.15) is 4.37 Å². The summed E-state index contributed by atoms with van der Waals surface area (Å²) in [5, 5.41) is 13.4. The molecule has 2 N–H and O–H groups in total. The normalized spacial score (nSPS) is 13.8. The van der Waals surface area contributed by atoms with Gasteiger partial charge in [-0.25, -0.2) is 4.79 Å². The van der Waals surface area contributed by atoms with Gasteiger partial charge >= 0.3 is 5.97 Å². The van der Waals surface area contributed by atoms with E-state index in [1.54, 1.807) is 13.1 Å².